The van der Waals surface area contributed by atoms with Crippen LogP contribution in [0.25, 0.3) is 10.9 Å². The summed E-state index contributed by atoms with van der Waals surface area (Å²) in [6, 6.07) is 6.47. The van der Waals surface area contributed by atoms with Crippen LogP contribution >= 0.6 is 0 Å². The molecule has 0 atom stereocenters. The van der Waals surface area contributed by atoms with Crippen molar-refractivity contribution in [2.24, 2.45) is 5.73 Å². The third kappa shape index (κ3) is 1.88. The standard InChI is InChI=1S/C11H12N4O/c1-6-4-9(12)8-5-7(15-11(13)16)2-3-10(8)14-6/h2-5H,1H3,(H2,12,14)(H3,13,15,16). The first-order valence-corrected chi connectivity index (χ1v) is 4.79. The Hall–Kier alpha value is -2.30. The van der Waals surface area contributed by atoms with Crippen LogP contribution in [0.5, 0.6) is 0 Å². The van der Waals surface area contributed by atoms with Crippen molar-refractivity contribution in [3.8, 4) is 0 Å². The van der Waals surface area contributed by atoms with Crippen molar-refractivity contribution in [2.45, 2.75) is 6.92 Å². The number of hydrogen-bond acceptors (Lipinski definition) is 3. The molecule has 0 aliphatic carbocycles. The van der Waals surface area contributed by atoms with Gasteiger partial charge in [0, 0.05) is 22.5 Å². The monoisotopic (exact) mass is 216 g/mol. The van der Waals surface area contributed by atoms with E-state index in [0.717, 1.165) is 16.6 Å². The third-order valence-electron chi connectivity index (χ3n) is 2.24. The number of primary amides is 1. The summed E-state index contributed by atoms with van der Waals surface area (Å²) in [4.78, 5) is 15.0. The molecule has 2 amide bonds. The molecule has 5 nitrogen and oxygen atoms in total. The van der Waals surface area contributed by atoms with E-state index in [4.69, 9.17) is 11.5 Å². The highest BCUT2D eigenvalue weighted by Gasteiger charge is 2.03. The number of aromatic nitrogens is 1. The van der Waals surface area contributed by atoms with Crippen molar-refractivity contribution in [1.29, 1.82) is 0 Å². The molecule has 0 saturated heterocycles. The molecule has 1 aromatic carbocycles. The summed E-state index contributed by atoms with van der Waals surface area (Å²) >= 11 is 0. The lowest BCUT2D eigenvalue weighted by atomic mass is 10.1. The zero-order valence-corrected chi connectivity index (χ0v) is 8.82. The van der Waals surface area contributed by atoms with Crippen LogP contribution in [0, 0.1) is 6.92 Å². The van der Waals surface area contributed by atoms with Crippen molar-refractivity contribution < 1.29 is 4.79 Å². The first kappa shape index (κ1) is 10.2. The van der Waals surface area contributed by atoms with Gasteiger partial charge in [-0.2, -0.15) is 0 Å². The van der Waals surface area contributed by atoms with Gasteiger partial charge in [-0.25, -0.2) is 4.79 Å². The Morgan fingerprint density at radius 3 is 2.81 bits per heavy atom. The van der Waals surface area contributed by atoms with Crippen molar-refractivity contribution in [3.05, 3.63) is 30.0 Å². The fourth-order valence-electron chi connectivity index (χ4n) is 1.61. The molecule has 0 bridgehead atoms. The Labute approximate surface area is 92.5 Å². The molecule has 0 unspecified atom stereocenters. The number of carbonyl (C=O) groups is 1. The molecule has 0 spiro atoms. The Bertz CT molecular complexity index is 565. The van der Waals surface area contributed by atoms with E-state index in [0.29, 0.717) is 11.4 Å². The summed E-state index contributed by atoms with van der Waals surface area (Å²) in [5.74, 6) is 0. The molecule has 2 aromatic rings. The normalized spacial score (nSPS) is 10.3. The Morgan fingerprint density at radius 1 is 1.38 bits per heavy atom. The van der Waals surface area contributed by atoms with Crippen LogP contribution in [-0.2, 0) is 0 Å². The van der Waals surface area contributed by atoms with Crippen molar-refractivity contribution in [1.82, 2.24) is 4.98 Å². The number of urea groups is 1. The number of carbonyl (C=O) groups excluding carboxylic acids is 1. The molecule has 5 heteroatoms. The van der Waals surface area contributed by atoms with E-state index in [1.165, 1.54) is 0 Å². The zero-order chi connectivity index (χ0) is 11.7. The van der Waals surface area contributed by atoms with E-state index in [9.17, 15) is 4.79 Å². The summed E-state index contributed by atoms with van der Waals surface area (Å²) in [5.41, 5.74) is 13.8. The second-order valence-corrected chi connectivity index (χ2v) is 3.57. The molecular weight excluding hydrogens is 204 g/mol. The quantitative estimate of drug-likeness (QED) is 0.676. The fraction of sp³-hybridized carbons (Fsp3) is 0.0909. The average molecular weight is 216 g/mol. The van der Waals surface area contributed by atoms with Gasteiger partial charge in [-0.05, 0) is 31.2 Å². The summed E-state index contributed by atoms with van der Waals surface area (Å²) in [7, 11) is 0. The number of amides is 2. The lowest BCUT2D eigenvalue weighted by Crippen LogP contribution is -2.19. The predicted octanol–water partition coefficient (Wildman–Crippen LogP) is 1.62. The van der Waals surface area contributed by atoms with Crippen LogP contribution in [-0.4, -0.2) is 11.0 Å². The van der Waals surface area contributed by atoms with Crippen molar-refractivity contribution >= 4 is 28.3 Å². The van der Waals surface area contributed by atoms with Crippen molar-refractivity contribution in [2.75, 3.05) is 11.1 Å². The molecular formula is C11H12N4O. The molecule has 0 radical (unpaired) electrons. The van der Waals surface area contributed by atoms with Crippen LogP contribution in [0.1, 0.15) is 5.69 Å². The van der Waals surface area contributed by atoms with Gasteiger partial charge in [-0.15, -0.1) is 0 Å². The first-order valence-electron chi connectivity index (χ1n) is 4.79. The highest BCUT2D eigenvalue weighted by Crippen LogP contribution is 2.23. The van der Waals surface area contributed by atoms with Gasteiger partial charge in [-0.1, -0.05) is 0 Å². The highest BCUT2D eigenvalue weighted by atomic mass is 16.2. The van der Waals surface area contributed by atoms with E-state index in [1.54, 1.807) is 24.3 Å². The van der Waals surface area contributed by atoms with E-state index in [-0.39, 0.29) is 0 Å². The zero-order valence-electron chi connectivity index (χ0n) is 8.82. The number of nitrogens with two attached hydrogens (primary N) is 2. The minimum atomic E-state index is -0.599. The molecule has 1 aromatic heterocycles. The minimum Gasteiger partial charge on any atom is -0.398 e. The first-order chi connectivity index (χ1) is 7.56. The maximum Gasteiger partial charge on any atom is 0.316 e. The Balaban J connectivity index is 2.57. The molecule has 0 saturated carbocycles. The van der Waals surface area contributed by atoms with Gasteiger partial charge in [0.2, 0.25) is 0 Å². The highest BCUT2D eigenvalue weighted by molar-refractivity contribution is 5.96. The molecule has 1 heterocycles. The number of nitrogens with one attached hydrogen (secondary N) is 1. The largest absolute Gasteiger partial charge is 0.398 e. The number of nitrogens with zero attached hydrogens (tertiary/aromatic N) is 1. The Morgan fingerprint density at radius 2 is 2.12 bits per heavy atom. The topological polar surface area (TPSA) is 94.0 Å². The van der Waals surface area contributed by atoms with E-state index < -0.39 is 6.03 Å². The van der Waals surface area contributed by atoms with E-state index in [1.807, 2.05) is 6.92 Å². The summed E-state index contributed by atoms with van der Waals surface area (Å²) < 4.78 is 0. The molecule has 0 aliphatic heterocycles. The lowest BCUT2D eigenvalue weighted by Gasteiger charge is -2.06. The van der Waals surface area contributed by atoms with E-state index in [2.05, 4.69) is 10.3 Å². The molecule has 5 N–H and O–H groups in total. The van der Waals surface area contributed by atoms with Gasteiger partial charge < -0.3 is 16.8 Å². The van der Waals surface area contributed by atoms with Crippen LogP contribution < -0.4 is 16.8 Å². The van der Waals surface area contributed by atoms with Gasteiger partial charge in [0.25, 0.3) is 0 Å². The average Bonchev–Trinajstić information content (AvgIpc) is 2.18. The SMILES string of the molecule is Cc1cc(N)c2cc(NC(N)=O)ccc2n1. The minimum absolute atomic E-state index is 0.599. The van der Waals surface area contributed by atoms with Crippen LogP contribution in [0.4, 0.5) is 16.2 Å². The number of benzene rings is 1. The van der Waals surface area contributed by atoms with Gasteiger partial charge in [0.1, 0.15) is 0 Å². The van der Waals surface area contributed by atoms with Crippen LogP contribution in [0.3, 0.4) is 0 Å². The second-order valence-electron chi connectivity index (χ2n) is 3.57. The van der Waals surface area contributed by atoms with Crippen LogP contribution in [0.2, 0.25) is 0 Å². The molecule has 0 aliphatic rings. The predicted molar refractivity (Wildman–Crippen MR) is 64.1 cm³/mol. The van der Waals surface area contributed by atoms with Gasteiger partial charge in [0.05, 0.1) is 5.52 Å². The molecule has 16 heavy (non-hydrogen) atoms. The number of hydrogen-bond donors (Lipinski definition) is 3. The maximum absolute atomic E-state index is 10.7. The smallest absolute Gasteiger partial charge is 0.316 e. The van der Waals surface area contributed by atoms with Crippen LogP contribution in [0.15, 0.2) is 24.3 Å². The third-order valence-corrected chi connectivity index (χ3v) is 2.24. The fourth-order valence-corrected chi connectivity index (χ4v) is 1.61. The summed E-state index contributed by atoms with van der Waals surface area (Å²) in [5, 5.41) is 3.30. The number of fused-ring (bicyclic) bond motifs is 1. The van der Waals surface area contributed by atoms with Gasteiger partial charge in [0.15, 0.2) is 0 Å². The van der Waals surface area contributed by atoms with Gasteiger partial charge in [-0.3, -0.25) is 4.98 Å². The summed E-state index contributed by atoms with van der Waals surface area (Å²) in [6.45, 7) is 1.88. The Kier molecular flexibility index (Phi) is 2.36. The lowest BCUT2D eigenvalue weighted by molar-refractivity contribution is 0.259. The number of anilines is 2. The number of pyridine rings is 1. The molecule has 82 valence electrons. The number of nitrogen functional groups attached to an aromatic ring is 1. The molecule has 0 fully saturated rings. The molecule has 2 rings (SSSR count). The van der Waals surface area contributed by atoms with Crippen molar-refractivity contribution in [3.63, 3.8) is 0 Å². The number of rotatable bonds is 1. The summed E-state index contributed by atoms with van der Waals surface area (Å²) in [6.07, 6.45) is 0. The second kappa shape index (κ2) is 3.69. The van der Waals surface area contributed by atoms with Gasteiger partial charge >= 0.3 is 6.03 Å². The van der Waals surface area contributed by atoms with E-state index >= 15 is 0 Å². The maximum atomic E-state index is 10.7. The number of aryl methyl sites for hydroxylation is 1.